The SMILES string of the molecule is O=C(OC(CC(O)(C(F)(F)F)C(F)(F)F)C1CCCCC1)C(I)C12NC1N2. The molecule has 27 heavy (non-hydrogen) atoms. The zero-order valence-corrected chi connectivity index (χ0v) is 16.1. The normalized spacial score (nSPS) is 31.0. The van der Waals surface area contributed by atoms with Crippen LogP contribution in [-0.2, 0) is 9.53 Å². The van der Waals surface area contributed by atoms with Gasteiger partial charge in [0.2, 0.25) is 0 Å². The van der Waals surface area contributed by atoms with Crippen molar-refractivity contribution < 1.29 is 41.0 Å². The summed E-state index contributed by atoms with van der Waals surface area (Å²) < 4.78 is 82.9. The van der Waals surface area contributed by atoms with Crippen molar-refractivity contribution in [1.82, 2.24) is 10.6 Å². The Labute approximate surface area is 164 Å². The molecule has 1 saturated carbocycles. The van der Waals surface area contributed by atoms with Crippen LogP contribution in [0.3, 0.4) is 0 Å². The molecule has 3 N–H and O–H groups in total. The highest BCUT2D eigenvalue weighted by atomic mass is 127. The van der Waals surface area contributed by atoms with Crippen LogP contribution in [0.4, 0.5) is 26.3 Å². The summed E-state index contributed by atoms with van der Waals surface area (Å²) >= 11 is 1.75. The fourth-order valence-corrected chi connectivity index (χ4v) is 4.44. The number of rotatable bonds is 6. The molecule has 0 spiro atoms. The molecule has 156 valence electrons. The summed E-state index contributed by atoms with van der Waals surface area (Å²) in [6, 6.07) is 0. The van der Waals surface area contributed by atoms with Gasteiger partial charge < -0.3 is 9.84 Å². The van der Waals surface area contributed by atoms with Crippen LogP contribution in [0.2, 0.25) is 0 Å². The van der Waals surface area contributed by atoms with Gasteiger partial charge in [0.1, 0.15) is 15.7 Å². The van der Waals surface area contributed by atoms with Crippen molar-refractivity contribution >= 4 is 28.6 Å². The molecule has 0 radical (unpaired) electrons. The van der Waals surface area contributed by atoms with Crippen LogP contribution in [0.5, 0.6) is 0 Å². The average molecular weight is 516 g/mol. The predicted octanol–water partition coefficient (Wildman–Crippen LogP) is 2.76. The Bertz CT molecular complexity index is 573. The van der Waals surface area contributed by atoms with Gasteiger partial charge in [-0.05, 0) is 18.8 Å². The molecule has 3 fully saturated rings. The molecule has 0 aromatic rings. The van der Waals surface area contributed by atoms with E-state index in [2.05, 4.69) is 10.6 Å². The first-order chi connectivity index (χ1) is 12.3. The van der Waals surface area contributed by atoms with Gasteiger partial charge in [0.15, 0.2) is 0 Å². The van der Waals surface area contributed by atoms with E-state index < -0.39 is 52.0 Å². The zero-order valence-electron chi connectivity index (χ0n) is 14.0. The van der Waals surface area contributed by atoms with Gasteiger partial charge in [-0.15, -0.1) is 0 Å². The minimum Gasteiger partial charge on any atom is -0.461 e. The predicted molar refractivity (Wildman–Crippen MR) is 88.7 cm³/mol. The number of nitrogens with one attached hydrogen (secondary N) is 2. The maximum atomic E-state index is 13.1. The van der Waals surface area contributed by atoms with Crippen LogP contribution in [0, 0.1) is 5.92 Å². The first-order valence-corrected chi connectivity index (χ1v) is 9.82. The van der Waals surface area contributed by atoms with Gasteiger partial charge in [-0.3, -0.25) is 15.4 Å². The lowest BCUT2D eigenvalue weighted by Gasteiger charge is -2.38. The van der Waals surface area contributed by atoms with Gasteiger partial charge >= 0.3 is 18.3 Å². The van der Waals surface area contributed by atoms with E-state index in [1.54, 1.807) is 22.6 Å². The molecule has 2 heterocycles. The first-order valence-electron chi connectivity index (χ1n) is 8.57. The summed E-state index contributed by atoms with van der Waals surface area (Å²) in [5.74, 6) is -1.55. The smallest absolute Gasteiger partial charge is 0.426 e. The Morgan fingerprint density at radius 3 is 2.00 bits per heavy atom. The molecule has 0 aromatic carbocycles. The number of hydrogen-bond acceptors (Lipinski definition) is 5. The lowest BCUT2D eigenvalue weighted by Crippen LogP contribution is -2.59. The Kier molecular flexibility index (Phi) is 5.44. The van der Waals surface area contributed by atoms with Crippen LogP contribution >= 0.6 is 22.6 Å². The van der Waals surface area contributed by atoms with Crippen molar-refractivity contribution in [3.8, 4) is 0 Å². The largest absolute Gasteiger partial charge is 0.461 e. The Balaban J connectivity index is 1.79. The molecular formula is C15H19F6IN2O3. The van der Waals surface area contributed by atoms with Gasteiger partial charge in [-0.25, -0.2) is 0 Å². The molecule has 5 nitrogen and oxygen atoms in total. The Morgan fingerprint density at radius 2 is 1.59 bits per heavy atom. The number of carbonyl (C=O) groups excluding carboxylic acids is 1. The second-order valence-corrected chi connectivity index (χ2v) is 8.63. The number of ether oxygens (including phenoxy) is 1. The van der Waals surface area contributed by atoms with Crippen LogP contribution in [0.25, 0.3) is 0 Å². The molecule has 3 rings (SSSR count). The first kappa shape index (κ1) is 21.4. The van der Waals surface area contributed by atoms with E-state index in [1.807, 2.05) is 0 Å². The summed E-state index contributed by atoms with van der Waals surface area (Å²) in [6.45, 7) is 0. The number of hydrogen-bond donors (Lipinski definition) is 3. The molecular weight excluding hydrogens is 497 g/mol. The quantitative estimate of drug-likeness (QED) is 0.166. The van der Waals surface area contributed by atoms with Crippen molar-refractivity contribution in [2.75, 3.05) is 0 Å². The molecule has 0 amide bonds. The molecule has 2 unspecified atom stereocenters. The number of alkyl halides is 7. The number of carbonyl (C=O) groups is 1. The molecule has 2 atom stereocenters. The topological polar surface area (TPSA) is 90.4 Å². The molecule has 2 saturated heterocycles. The molecule has 1 aliphatic carbocycles. The van der Waals surface area contributed by atoms with E-state index in [0.717, 1.165) is 6.42 Å². The number of fused-ring (bicyclic) bond motifs is 1. The minimum absolute atomic E-state index is 0.0811. The highest BCUT2D eigenvalue weighted by Gasteiger charge is 2.76. The zero-order chi connectivity index (χ0) is 20.3. The number of esters is 1. The van der Waals surface area contributed by atoms with Crippen molar-refractivity contribution in [2.45, 2.75) is 78.3 Å². The van der Waals surface area contributed by atoms with Crippen molar-refractivity contribution in [3.63, 3.8) is 0 Å². The fourth-order valence-electron chi connectivity index (χ4n) is 3.58. The summed E-state index contributed by atoms with van der Waals surface area (Å²) in [5.41, 5.74) is -5.60. The van der Waals surface area contributed by atoms with Crippen LogP contribution < -0.4 is 10.6 Å². The fraction of sp³-hybridized carbons (Fsp3) is 0.933. The molecule has 2 aliphatic heterocycles. The third-order valence-corrected chi connectivity index (χ3v) is 7.03. The molecule has 3 aliphatic rings. The standard InChI is InChI=1S/C15H19F6IN2O3/c16-14(17,18)12(26,15(19,20)21)6-8(7-4-2-1-3-5-7)27-10(25)9(22)13-11(23-13)24-13/h7-9,11,23-24,26H,1-6H2. The van der Waals surface area contributed by atoms with Crippen LogP contribution in [-0.4, -0.2) is 50.9 Å². The van der Waals surface area contributed by atoms with Crippen molar-refractivity contribution in [2.24, 2.45) is 5.92 Å². The Hall–Kier alpha value is -0.340. The molecule has 12 heteroatoms. The maximum absolute atomic E-state index is 13.1. The van der Waals surface area contributed by atoms with Gasteiger partial charge in [0.05, 0.1) is 6.17 Å². The van der Waals surface area contributed by atoms with E-state index in [4.69, 9.17) is 4.74 Å². The van der Waals surface area contributed by atoms with E-state index in [0.29, 0.717) is 25.7 Å². The monoisotopic (exact) mass is 516 g/mol. The highest BCUT2D eigenvalue weighted by Crippen LogP contribution is 2.49. The van der Waals surface area contributed by atoms with Crippen molar-refractivity contribution in [3.05, 3.63) is 0 Å². The van der Waals surface area contributed by atoms with E-state index in [-0.39, 0.29) is 6.17 Å². The third kappa shape index (κ3) is 3.90. The third-order valence-electron chi connectivity index (χ3n) is 5.54. The maximum Gasteiger partial charge on any atom is 0.426 e. The summed E-state index contributed by atoms with van der Waals surface area (Å²) in [7, 11) is 0. The van der Waals surface area contributed by atoms with Gasteiger partial charge in [0, 0.05) is 6.42 Å². The molecule has 0 bridgehead atoms. The van der Waals surface area contributed by atoms with Gasteiger partial charge in [-0.1, -0.05) is 41.9 Å². The van der Waals surface area contributed by atoms with Crippen LogP contribution in [0.1, 0.15) is 38.5 Å². The number of halogens is 7. The second-order valence-electron chi connectivity index (χ2n) is 7.39. The highest BCUT2D eigenvalue weighted by molar-refractivity contribution is 14.1. The van der Waals surface area contributed by atoms with Gasteiger partial charge in [0.25, 0.3) is 5.60 Å². The minimum atomic E-state index is -5.94. The average Bonchev–Trinajstić information content (AvgIpc) is 3.42. The van der Waals surface area contributed by atoms with E-state index in [1.165, 1.54) is 0 Å². The Morgan fingerprint density at radius 1 is 1.11 bits per heavy atom. The summed E-state index contributed by atoms with van der Waals surface area (Å²) in [6.07, 6.45) is -12.6. The van der Waals surface area contributed by atoms with Gasteiger partial charge in [-0.2, -0.15) is 26.3 Å². The van der Waals surface area contributed by atoms with Crippen LogP contribution in [0.15, 0.2) is 0 Å². The lowest BCUT2D eigenvalue weighted by molar-refractivity contribution is -0.375. The summed E-state index contributed by atoms with van der Waals surface area (Å²) in [4.78, 5) is 12.3. The van der Waals surface area contributed by atoms with E-state index >= 15 is 0 Å². The number of aliphatic hydroxyl groups is 1. The second kappa shape index (κ2) is 6.87. The van der Waals surface area contributed by atoms with E-state index in [9.17, 15) is 36.2 Å². The van der Waals surface area contributed by atoms with Crippen molar-refractivity contribution in [1.29, 1.82) is 0 Å². The summed E-state index contributed by atoms with van der Waals surface area (Å²) in [5, 5.41) is 15.4. The molecule has 0 aromatic heterocycles. The lowest BCUT2D eigenvalue weighted by atomic mass is 9.80.